The van der Waals surface area contributed by atoms with Crippen molar-refractivity contribution in [1.29, 1.82) is 0 Å². The molecule has 0 heterocycles. The van der Waals surface area contributed by atoms with E-state index >= 15 is 0 Å². The third-order valence-electron chi connectivity index (χ3n) is 2.88. The summed E-state index contributed by atoms with van der Waals surface area (Å²) in [5, 5.41) is 0. The Morgan fingerprint density at radius 3 is 2.50 bits per heavy atom. The minimum atomic E-state index is 1.12. The minimum absolute atomic E-state index is 1.12. The zero-order valence-corrected chi connectivity index (χ0v) is 8.50. The summed E-state index contributed by atoms with van der Waals surface area (Å²) in [7, 11) is 0. The summed E-state index contributed by atoms with van der Waals surface area (Å²) in [6.07, 6.45) is 6.88. The van der Waals surface area contributed by atoms with E-state index in [1.54, 1.807) is 11.1 Å². The molecule has 0 radical (unpaired) electrons. The molecule has 0 aliphatic heterocycles. The third kappa shape index (κ3) is 1.79. The van der Waals surface area contributed by atoms with Crippen LogP contribution in [0.4, 0.5) is 0 Å². The Morgan fingerprint density at radius 2 is 1.93 bits per heavy atom. The van der Waals surface area contributed by atoms with Gasteiger partial charge in [-0.25, -0.2) is 0 Å². The summed E-state index contributed by atoms with van der Waals surface area (Å²) >= 11 is 0. The molecule has 72 valence electrons. The van der Waals surface area contributed by atoms with E-state index in [9.17, 15) is 0 Å². The fourth-order valence-corrected chi connectivity index (χ4v) is 1.97. The van der Waals surface area contributed by atoms with Gasteiger partial charge in [0, 0.05) is 0 Å². The second-order valence-electron chi connectivity index (χ2n) is 3.78. The van der Waals surface area contributed by atoms with Gasteiger partial charge >= 0.3 is 0 Å². The molecule has 0 amide bonds. The van der Waals surface area contributed by atoms with E-state index in [0.29, 0.717) is 0 Å². The molecule has 0 atom stereocenters. The number of hydrogen-bond donors (Lipinski definition) is 0. The lowest BCUT2D eigenvalue weighted by atomic mass is 9.81. The van der Waals surface area contributed by atoms with Gasteiger partial charge in [0.15, 0.2) is 0 Å². The molecule has 0 N–H and O–H groups in total. The Bertz CT molecular complexity index is 344. The molecule has 0 nitrogen and oxygen atoms in total. The molecule has 1 aliphatic carbocycles. The van der Waals surface area contributed by atoms with E-state index in [1.807, 2.05) is 6.08 Å². The zero-order chi connectivity index (χ0) is 9.80. The van der Waals surface area contributed by atoms with E-state index < -0.39 is 0 Å². The Kier molecular flexibility index (Phi) is 2.83. The molecule has 2 rings (SSSR count). The maximum Gasteiger partial charge on any atom is -0.0225 e. The van der Waals surface area contributed by atoms with Crippen LogP contribution < -0.4 is 0 Å². The van der Waals surface area contributed by atoms with Crippen LogP contribution in [0, 0.1) is 0 Å². The van der Waals surface area contributed by atoms with Crippen molar-refractivity contribution in [3.8, 4) is 0 Å². The van der Waals surface area contributed by atoms with Gasteiger partial charge in [-0.05, 0) is 36.8 Å². The molecule has 0 bridgehead atoms. The number of rotatable bonds is 4. The SMILES string of the molecule is C=CCCC1=C(c2ccccc2)CC1. The molecule has 0 heteroatoms. The van der Waals surface area contributed by atoms with E-state index in [4.69, 9.17) is 0 Å². The van der Waals surface area contributed by atoms with Gasteiger partial charge in [0.25, 0.3) is 0 Å². The summed E-state index contributed by atoms with van der Waals surface area (Å²) in [6, 6.07) is 10.7. The van der Waals surface area contributed by atoms with Crippen LogP contribution >= 0.6 is 0 Å². The number of benzene rings is 1. The Balaban J connectivity index is 2.15. The van der Waals surface area contributed by atoms with Crippen molar-refractivity contribution < 1.29 is 0 Å². The summed E-state index contributed by atoms with van der Waals surface area (Å²) in [5.41, 5.74) is 4.63. The van der Waals surface area contributed by atoms with Crippen molar-refractivity contribution >= 4 is 5.57 Å². The smallest absolute Gasteiger partial charge is 0.0225 e. The highest BCUT2D eigenvalue weighted by atomic mass is 14.2. The van der Waals surface area contributed by atoms with Gasteiger partial charge in [0.1, 0.15) is 0 Å². The summed E-state index contributed by atoms with van der Waals surface area (Å²) in [4.78, 5) is 0. The van der Waals surface area contributed by atoms with Crippen LogP contribution in [0.15, 0.2) is 48.6 Å². The molecule has 1 aromatic carbocycles. The maximum absolute atomic E-state index is 3.77. The first-order valence-electron chi connectivity index (χ1n) is 5.29. The van der Waals surface area contributed by atoms with Crippen molar-refractivity contribution in [2.45, 2.75) is 25.7 Å². The second-order valence-corrected chi connectivity index (χ2v) is 3.78. The first kappa shape index (κ1) is 9.26. The average molecular weight is 184 g/mol. The molecule has 0 aromatic heterocycles. The Hall–Kier alpha value is -1.30. The molecule has 0 fully saturated rings. The molecular formula is C14H16. The molecule has 0 saturated carbocycles. The molecule has 14 heavy (non-hydrogen) atoms. The van der Waals surface area contributed by atoms with Crippen LogP contribution in [0.25, 0.3) is 5.57 Å². The number of allylic oxidation sites excluding steroid dienone is 3. The van der Waals surface area contributed by atoms with Crippen LogP contribution in [0.1, 0.15) is 31.2 Å². The van der Waals surface area contributed by atoms with Crippen LogP contribution in [0.3, 0.4) is 0 Å². The van der Waals surface area contributed by atoms with Crippen LogP contribution in [-0.2, 0) is 0 Å². The average Bonchev–Trinajstić information content (AvgIpc) is 2.18. The summed E-state index contributed by atoms with van der Waals surface area (Å²) in [6.45, 7) is 3.77. The summed E-state index contributed by atoms with van der Waals surface area (Å²) < 4.78 is 0. The maximum atomic E-state index is 3.77. The Morgan fingerprint density at radius 1 is 1.14 bits per heavy atom. The first-order chi connectivity index (χ1) is 6.92. The lowest BCUT2D eigenvalue weighted by Gasteiger charge is -2.24. The van der Waals surface area contributed by atoms with Gasteiger partial charge in [0.05, 0.1) is 0 Å². The predicted molar refractivity (Wildman–Crippen MR) is 62.0 cm³/mol. The predicted octanol–water partition coefficient (Wildman–Crippen LogP) is 4.20. The van der Waals surface area contributed by atoms with Crippen molar-refractivity contribution in [1.82, 2.24) is 0 Å². The van der Waals surface area contributed by atoms with E-state index in [-0.39, 0.29) is 0 Å². The zero-order valence-electron chi connectivity index (χ0n) is 8.50. The van der Waals surface area contributed by atoms with Crippen LogP contribution in [-0.4, -0.2) is 0 Å². The normalized spacial score (nSPS) is 15.1. The topological polar surface area (TPSA) is 0 Å². The van der Waals surface area contributed by atoms with Crippen molar-refractivity contribution in [2.24, 2.45) is 0 Å². The highest BCUT2D eigenvalue weighted by Gasteiger charge is 2.17. The van der Waals surface area contributed by atoms with Crippen LogP contribution in [0.5, 0.6) is 0 Å². The molecule has 0 saturated heterocycles. The highest BCUT2D eigenvalue weighted by Crippen LogP contribution is 2.38. The van der Waals surface area contributed by atoms with E-state index in [2.05, 4.69) is 36.9 Å². The lowest BCUT2D eigenvalue weighted by Crippen LogP contribution is -2.03. The van der Waals surface area contributed by atoms with Gasteiger partial charge in [-0.3, -0.25) is 0 Å². The number of hydrogen-bond acceptors (Lipinski definition) is 0. The highest BCUT2D eigenvalue weighted by molar-refractivity contribution is 5.73. The molecule has 0 unspecified atom stereocenters. The van der Waals surface area contributed by atoms with Crippen molar-refractivity contribution in [3.63, 3.8) is 0 Å². The second kappa shape index (κ2) is 4.28. The van der Waals surface area contributed by atoms with Crippen LogP contribution in [0.2, 0.25) is 0 Å². The molecule has 1 aromatic rings. The quantitative estimate of drug-likeness (QED) is 0.615. The Labute approximate surface area is 86.0 Å². The molecule has 1 aliphatic rings. The van der Waals surface area contributed by atoms with Crippen molar-refractivity contribution in [2.75, 3.05) is 0 Å². The molecule has 0 spiro atoms. The standard InChI is InChI=1S/C14H16/c1-2-3-7-13-10-11-14(13)12-8-5-4-6-9-12/h2,4-6,8-9H,1,3,7,10-11H2. The largest absolute Gasteiger partial charge is 0.103 e. The fraction of sp³-hybridized carbons (Fsp3) is 0.286. The van der Waals surface area contributed by atoms with Gasteiger partial charge < -0.3 is 0 Å². The first-order valence-corrected chi connectivity index (χ1v) is 5.29. The molecular weight excluding hydrogens is 168 g/mol. The van der Waals surface area contributed by atoms with Crippen molar-refractivity contribution in [3.05, 3.63) is 54.1 Å². The van der Waals surface area contributed by atoms with E-state index in [0.717, 1.165) is 6.42 Å². The minimum Gasteiger partial charge on any atom is -0.103 e. The van der Waals surface area contributed by atoms with Gasteiger partial charge in [-0.15, -0.1) is 6.58 Å². The van der Waals surface area contributed by atoms with Gasteiger partial charge in [-0.1, -0.05) is 42.0 Å². The monoisotopic (exact) mass is 184 g/mol. The fourth-order valence-electron chi connectivity index (χ4n) is 1.97. The third-order valence-corrected chi connectivity index (χ3v) is 2.88. The van der Waals surface area contributed by atoms with Gasteiger partial charge in [0.2, 0.25) is 0 Å². The van der Waals surface area contributed by atoms with E-state index in [1.165, 1.54) is 24.8 Å². The lowest BCUT2D eigenvalue weighted by molar-refractivity contribution is 0.808. The summed E-state index contributed by atoms with van der Waals surface area (Å²) in [5.74, 6) is 0. The van der Waals surface area contributed by atoms with Gasteiger partial charge in [-0.2, -0.15) is 0 Å².